The number of ketones is 1. The predicted molar refractivity (Wildman–Crippen MR) is 101 cm³/mol. The fraction of sp³-hybridized carbons (Fsp3) is 0.350. The quantitative estimate of drug-likeness (QED) is 0.567. The van der Waals surface area contributed by atoms with Crippen molar-refractivity contribution in [3.63, 3.8) is 0 Å². The minimum atomic E-state index is -0.518. The first-order chi connectivity index (χ1) is 13.3. The molecule has 2 heterocycles. The Morgan fingerprint density at radius 2 is 1.93 bits per heavy atom. The number of rotatable bonds is 5. The van der Waals surface area contributed by atoms with Gasteiger partial charge in [0, 0.05) is 28.7 Å². The van der Waals surface area contributed by atoms with Gasteiger partial charge in [-0.1, -0.05) is 11.6 Å². The third kappa shape index (κ3) is 3.09. The minimum Gasteiger partial charge on any atom is -0.318 e. The third-order valence-electron chi connectivity index (χ3n) is 5.27. The molecule has 1 aliphatic heterocycles. The summed E-state index contributed by atoms with van der Waals surface area (Å²) < 4.78 is 15.3. The van der Waals surface area contributed by atoms with Crippen LogP contribution in [-0.4, -0.2) is 51.2 Å². The SMILES string of the molecule is Cc1cc(C(=O)CN2C(=O)CN(C3CC3)C2=O)c(C)n1-c1ccc(F)c(Cl)c1. The Kier molecular flexibility index (Phi) is 4.50. The van der Waals surface area contributed by atoms with Gasteiger partial charge < -0.3 is 9.47 Å². The number of carbonyl (C=O) groups is 3. The van der Waals surface area contributed by atoms with E-state index in [-0.39, 0.29) is 41.9 Å². The Morgan fingerprint density at radius 1 is 1.21 bits per heavy atom. The highest BCUT2D eigenvalue weighted by Crippen LogP contribution is 2.31. The van der Waals surface area contributed by atoms with Gasteiger partial charge >= 0.3 is 6.03 Å². The number of hydrogen-bond donors (Lipinski definition) is 0. The number of aryl methyl sites for hydroxylation is 1. The molecule has 146 valence electrons. The highest BCUT2D eigenvalue weighted by Gasteiger charge is 2.44. The van der Waals surface area contributed by atoms with Crippen LogP contribution in [0.4, 0.5) is 9.18 Å². The number of carbonyl (C=O) groups excluding carboxylic acids is 3. The second-order valence-electron chi connectivity index (χ2n) is 7.26. The van der Waals surface area contributed by atoms with E-state index in [1.54, 1.807) is 28.5 Å². The maximum Gasteiger partial charge on any atom is 0.327 e. The molecule has 6 nitrogen and oxygen atoms in total. The van der Waals surface area contributed by atoms with Gasteiger partial charge in [0.2, 0.25) is 0 Å². The first-order valence-corrected chi connectivity index (χ1v) is 9.44. The molecule has 3 amide bonds. The Morgan fingerprint density at radius 3 is 2.57 bits per heavy atom. The van der Waals surface area contributed by atoms with Gasteiger partial charge in [-0.05, 0) is 51.0 Å². The molecular weight excluding hydrogens is 385 g/mol. The van der Waals surface area contributed by atoms with Crippen molar-refractivity contribution in [1.29, 1.82) is 0 Å². The Labute approximate surface area is 166 Å². The van der Waals surface area contributed by atoms with Crippen LogP contribution in [0.5, 0.6) is 0 Å². The number of halogens is 2. The summed E-state index contributed by atoms with van der Waals surface area (Å²) in [4.78, 5) is 40.1. The lowest BCUT2D eigenvalue weighted by atomic mass is 10.1. The zero-order valence-electron chi connectivity index (χ0n) is 15.5. The molecule has 0 bridgehead atoms. The first kappa shape index (κ1) is 18.7. The molecule has 0 N–H and O–H groups in total. The molecule has 28 heavy (non-hydrogen) atoms. The fourth-order valence-corrected chi connectivity index (χ4v) is 3.86. The number of nitrogens with zero attached hydrogens (tertiary/aromatic N) is 3. The van der Waals surface area contributed by atoms with Gasteiger partial charge in [0.25, 0.3) is 5.91 Å². The molecule has 1 saturated heterocycles. The highest BCUT2D eigenvalue weighted by molar-refractivity contribution is 6.30. The summed E-state index contributed by atoms with van der Waals surface area (Å²) in [5, 5.41) is -0.00805. The van der Waals surface area contributed by atoms with E-state index < -0.39 is 5.82 Å². The van der Waals surface area contributed by atoms with Crippen LogP contribution in [0.1, 0.15) is 34.6 Å². The van der Waals surface area contributed by atoms with Crippen LogP contribution in [0.15, 0.2) is 24.3 Å². The molecule has 1 saturated carbocycles. The van der Waals surface area contributed by atoms with Crippen LogP contribution in [0.25, 0.3) is 5.69 Å². The summed E-state index contributed by atoms with van der Waals surface area (Å²) in [6, 6.07) is 5.79. The van der Waals surface area contributed by atoms with Crippen molar-refractivity contribution >= 4 is 29.3 Å². The minimum absolute atomic E-state index is 0.00805. The smallest absolute Gasteiger partial charge is 0.318 e. The molecule has 1 aliphatic carbocycles. The number of imide groups is 1. The van der Waals surface area contributed by atoms with Crippen molar-refractivity contribution in [2.75, 3.05) is 13.1 Å². The predicted octanol–water partition coefficient (Wildman–Crippen LogP) is 3.50. The molecule has 1 aromatic heterocycles. The van der Waals surface area contributed by atoms with Crippen molar-refractivity contribution < 1.29 is 18.8 Å². The van der Waals surface area contributed by atoms with E-state index in [0.717, 1.165) is 23.4 Å². The Hall–Kier alpha value is -2.67. The van der Waals surface area contributed by atoms with Gasteiger partial charge in [-0.3, -0.25) is 14.5 Å². The van der Waals surface area contributed by atoms with E-state index >= 15 is 0 Å². The average molecular weight is 404 g/mol. The lowest BCUT2D eigenvalue weighted by Gasteiger charge is -2.16. The van der Waals surface area contributed by atoms with E-state index in [0.29, 0.717) is 16.9 Å². The zero-order chi connectivity index (χ0) is 20.2. The summed E-state index contributed by atoms with van der Waals surface area (Å²) in [6.07, 6.45) is 1.81. The highest BCUT2D eigenvalue weighted by atomic mass is 35.5. The average Bonchev–Trinajstić information content (AvgIpc) is 3.39. The van der Waals surface area contributed by atoms with Crippen molar-refractivity contribution in [2.45, 2.75) is 32.7 Å². The van der Waals surface area contributed by atoms with E-state index in [2.05, 4.69) is 0 Å². The van der Waals surface area contributed by atoms with Gasteiger partial charge in [0.15, 0.2) is 5.78 Å². The largest absolute Gasteiger partial charge is 0.327 e. The summed E-state index contributed by atoms with van der Waals surface area (Å²) in [6.45, 7) is 3.35. The number of Topliss-reactive ketones (excluding diaryl/α,β-unsaturated/α-hetero) is 1. The fourth-order valence-electron chi connectivity index (χ4n) is 3.68. The molecule has 8 heteroatoms. The van der Waals surface area contributed by atoms with Crippen LogP contribution < -0.4 is 0 Å². The maximum atomic E-state index is 13.5. The van der Waals surface area contributed by atoms with E-state index in [1.165, 1.54) is 12.1 Å². The number of hydrogen-bond acceptors (Lipinski definition) is 3. The Balaban J connectivity index is 1.59. The van der Waals surface area contributed by atoms with Gasteiger partial charge in [0.1, 0.15) is 12.4 Å². The van der Waals surface area contributed by atoms with Crippen LogP contribution in [-0.2, 0) is 4.79 Å². The molecule has 0 spiro atoms. The van der Waals surface area contributed by atoms with Gasteiger partial charge in [-0.2, -0.15) is 0 Å². The van der Waals surface area contributed by atoms with Gasteiger partial charge in [0.05, 0.1) is 11.6 Å². The lowest BCUT2D eigenvalue weighted by molar-refractivity contribution is -0.125. The second-order valence-corrected chi connectivity index (χ2v) is 7.67. The van der Waals surface area contributed by atoms with Gasteiger partial charge in [-0.15, -0.1) is 0 Å². The van der Waals surface area contributed by atoms with Gasteiger partial charge in [-0.25, -0.2) is 9.18 Å². The zero-order valence-corrected chi connectivity index (χ0v) is 16.3. The second kappa shape index (κ2) is 6.74. The topological polar surface area (TPSA) is 62.6 Å². The molecule has 0 radical (unpaired) electrons. The standard InChI is InChI=1S/C20H19ClFN3O3/c1-11-7-15(12(2)25(11)14-5-6-17(22)16(21)8-14)18(26)9-24-19(27)10-23(20(24)28)13-3-4-13/h5-8,13H,3-4,9-10H2,1-2H3. The van der Waals surface area contributed by atoms with Crippen LogP contribution in [0, 0.1) is 19.7 Å². The molecule has 0 atom stereocenters. The summed E-state index contributed by atoms with van der Waals surface area (Å²) in [5.41, 5.74) is 2.46. The summed E-state index contributed by atoms with van der Waals surface area (Å²) in [5.74, 6) is -1.17. The van der Waals surface area contributed by atoms with Crippen molar-refractivity contribution in [1.82, 2.24) is 14.4 Å². The van der Waals surface area contributed by atoms with Crippen LogP contribution in [0.3, 0.4) is 0 Å². The van der Waals surface area contributed by atoms with E-state index in [4.69, 9.17) is 11.6 Å². The van der Waals surface area contributed by atoms with E-state index in [1.807, 2.05) is 6.92 Å². The lowest BCUT2D eigenvalue weighted by Crippen LogP contribution is -2.37. The molecule has 4 rings (SSSR count). The number of aromatic nitrogens is 1. The molecule has 1 aromatic carbocycles. The monoisotopic (exact) mass is 403 g/mol. The van der Waals surface area contributed by atoms with Crippen molar-refractivity contribution in [3.05, 3.63) is 52.1 Å². The van der Waals surface area contributed by atoms with Crippen LogP contribution >= 0.6 is 11.6 Å². The summed E-state index contributed by atoms with van der Waals surface area (Å²) >= 11 is 5.89. The summed E-state index contributed by atoms with van der Waals surface area (Å²) in [7, 11) is 0. The first-order valence-electron chi connectivity index (χ1n) is 9.06. The Bertz CT molecular complexity index is 1010. The normalized spacial score (nSPS) is 17.0. The van der Waals surface area contributed by atoms with Crippen LogP contribution in [0.2, 0.25) is 5.02 Å². The molecular formula is C20H19ClFN3O3. The molecule has 2 fully saturated rings. The third-order valence-corrected chi connectivity index (χ3v) is 5.56. The molecule has 2 aliphatic rings. The number of urea groups is 1. The van der Waals surface area contributed by atoms with E-state index in [9.17, 15) is 18.8 Å². The molecule has 0 unspecified atom stereocenters. The van der Waals surface area contributed by atoms with Crippen molar-refractivity contribution in [3.8, 4) is 5.69 Å². The number of amides is 3. The molecule has 2 aromatic rings. The van der Waals surface area contributed by atoms with Crippen molar-refractivity contribution in [2.24, 2.45) is 0 Å². The maximum absolute atomic E-state index is 13.5. The number of benzene rings is 1.